The molecular formula is C28H31FN6O2. The molecule has 0 fully saturated rings. The van der Waals surface area contributed by atoms with E-state index in [1.165, 1.54) is 25.4 Å². The van der Waals surface area contributed by atoms with E-state index in [9.17, 15) is 9.18 Å². The highest BCUT2D eigenvalue weighted by Gasteiger charge is 2.14. The van der Waals surface area contributed by atoms with Gasteiger partial charge in [-0.1, -0.05) is 31.2 Å². The summed E-state index contributed by atoms with van der Waals surface area (Å²) in [5.74, 6) is 0.271. The molecule has 1 aromatic heterocycles. The molecule has 1 heterocycles. The maximum atomic E-state index is 13.6. The number of aliphatic imine (C=N–C) groups is 2. The second-order valence-corrected chi connectivity index (χ2v) is 8.27. The van der Waals surface area contributed by atoms with Crippen molar-refractivity contribution in [2.45, 2.75) is 27.2 Å². The summed E-state index contributed by atoms with van der Waals surface area (Å²) >= 11 is 0. The number of carbonyl (C=O) groups excluding carboxylic acids is 1. The van der Waals surface area contributed by atoms with E-state index in [-0.39, 0.29) is 18.3 Å². The Bertz CT molecular complexity index is 1370. The quantitative estimate of drug-likeness (QED) is 0.226. The zero-order valence-electron chi connectivity index (χ0n) is 21.5. The molecule has 0 aliphatic carbocycles. The van der Waals surface area contributed by atoms with Gasteiger partial charge in [0.15, 0.2) is 6.61 Å². The zero-order chi connectivity index (χ0) is 26.8. The minimum Gasteiger partial charge on any atom is -0.481 e. The van der Waals surface area contributed by atoms with E-state index in [4.69, 9.17) is 10.5 Å². The lowest BCUT2D eigenvalue weighted by molar-refractivity contribution is -0.119. The third-order valence-electron chi connectivity index (χ3n) is 5.35. The van der Waals surface area contributed by atoms with Crippen molar-refractivity contribution in [2.75, 3.05) is 25.5 Å². The molecule has 37 heavy (non-hydrogen) atoms. The van der Waals surface area contributed by atoms with Crippen LogP contribution in [0.2, 0.25) is 0 Å². The summed E-state index contributed by atoms with van der Waals surface area (Å²) in [6, 6.07) is 9.80. The molecule has 0 radical (unpaired) electrons. The molecule has 0 aliphatic rings. The highest BCUT2D eigenvalue weighted by molar-refractivity contribution is 5.97. The van der Waals surface area contributed by atoms with E-state index < -0.39 is 5.91 Å². The van der Waals surface area contributed by atoms with Crippen molar-refractivity contribution < 1.29 is 13.9 Å². The Hall–Kier alpha value is -4.40. The number of nitrogens with two attached hydrogens (primary N) is 1. The van der Waals surface area contributed by atoms with Crippen molar-refractivity contribution in [1.29, 1.82) is 0 Å². The number of allylic oxidation sites excluding steroid dienone is 2. The summed E-state index contributed by atoms with van der Waals surface area (Å²) in [6.07, 6.45) is 8.42. The fourth-order valence-electron chi connectivity index (χ4n) is 3.51. The molecule has 2 aromatic carbocycles. The van der Waals surface area contributed by atoms with Gasteiger partial charge in [0, 0.05) is 24.7 Å². The standard InChI is InChI=1S/C28H31FN6O2/c1-5-6-20(8-7-18(2)31-4)15-32-28-24-13-22(21-9-11-23(29)12-10-21)14-25(27(24)33-17-34-28)37-16-26(36)35-19(3)30/h6-14,17H,5,15-16H2,1-4H3,(H2,30,35,36)(H,32,33,34)/b8-7-,20-6-,31-18?. The van der Waals surface area contributed by atoms with Crippen molar-refractivity contribution in [2.24, 2.45) is 15.7 Å². The van der Waals surface area contributed by atoms with Crippen LogP contribution in [0.15, 0.2) is 76.5 Å². The van der Waals surface area contributed by atoms with Crippen LogP contribution in [-0.4, -0.2) is 47.6 Å². The molecule has 1 amide bonds. The lowest BCUT2D eigenvalue weighted by atomic mass is 10.0. The van der Waals surface area contributed by atoms with Gasteiger partial charge in [-0.25, -0.2) is 14.4 Å². The van der Waals surface area contributed by atoms with Crippen LogP contribution >= 0.6 is 0 Å². The number of nitrogens with one attached hydrogen (secondary N) is 1. The predicted molar refractivity (Wildman–Crippen MR) is 148 cm³/mol. The van der Waals surface area contributed by atoms with Crippen molar-refractivity contribution in [3.63, 3.8) is 0 Å². The van der Waals surface area contributed by atoms with Crippen LogP contribution in [0.5, 0.6) is 5.75 Å². The summed E-state index contributed by atoms with van der Waals surface area (Å²) in [4.78, 5) is 28.8. The van der Waals surface area contributed by atoms with E-state index >= 15 is 0 Å². The zero-order valence-corrected chi connectivity index (χ0v) is 21.5. The van der Waals surface area contributed by atoms with Gasteiger partial charge in [0.2, 0.25) is 0 Å². The maximum absolute atomic E-state index is 13.6. The van der Waals surface area contributed by atoms with Crippen LogP contribution in [0.3, 0.4) is 0 Å². The van der Waals surface area contributed by atoms with Gasteiger partial charge >= 0.3 is 0 Å². The lowest BCUT2D eigenvalue weighted by Gasteiger charge is -2.14. The Labute approximate surface area is 215 Å². The Balaban J connectivity index is 2.02. The van der Waals surface area contributed by atoms with E-state index in [2.05, 4.69) is 38.3 Å². The molecule has 192 valence electrons. The second kappa shape index (κ2) is 13.1. The number of hydrogen-bond donors (Lipinski definition) is 2. The van der Waals surface area contributed by atoms with Crippen LogP contribution < -0.4 is 15.8 Å². The highest BCUT2D eigenvalue weighted by Crippen LogP contribution is 2.34. The number of ether oxygens (including phenoxy) is 1. The molecule has 0 saturated carbocycles. The number of nitrogens with zero attached hydrogens (tertiary/aromatic N) is 4. The average molecular weight is 503 g/mol. The molecular weight excluding hydrogens is 471 g/mol. The molecule has 0 saturated heterocycles. The summed E-state index contributed by atoms with van der Waals surface area (Å²) in [5.41, 5.74) is 9.55. The number of fused-ring (bicyclic) bond motifs is 1. The summed E-state index contributed by atoms with van der Waals surface area (Å²) in [6.45, 7) is 5.75. The van der Waals surface area contributed by atoms with E-state index in [1.807, 2.05) is 25.1 Å². The molecule has 0 spiro atoms. The fourth-order valence-corrected chi connectivity index (χ4v) is 3.51. The van der Waals surface area contributed by atoms with Gasteiger partial charge in [-0.15, -0.1) is 0 Å². The Kier molecular flexibility index (Phi) is 9.60. The Morgan fingerprint density at radius 3 is 2.57 bits per heavy atom. The molecule has 3 rings (SSSR count). The SMILES string of the molecule is CC/C=C(/C=C\C(C)=NC)CNc1ncnc2c(OCC(=O)N=C(C)N)cc(-c3ccc(F)cc3)cc12. The van der Waals surface area contributed by atoms with Crippen LogP contribution in [0.4, 0.5) is 10.2 Å². The first-order valence-electron chi connectivity index (χ1n) is 11.9. The molecule has 9 heteroatoms. The summed E-state index contributed by atoms with van der Waals surface area (Å²) in [7, 11) is 1.75. The molecule has 0 bridgehead atoms. The molecule has 0 aliphatic heterocycles. The summed E-state index contributed by atoms with van der Waals surface area (Å²) < 4.78 is 19.4. The largest absolute Gasteiger partial charge is 0.481 e. The molecule has 8 nitrogen and oxygen atoms in total. The van der Waals surface area contributed by atoms with Gasteiger partial charge in [-0.2, -0.15) is 4.99 Å². The minimum absolute atomic E-state index is 0.151. The number of amidine groups is 1. The van der Waals surface area contributed by atoms with Crippen molar-refractivity contribution in [1.82, 2.24) is 9.97 Å². The van der Waals surface area contributed by atoms with Crippen molar-refractivity contribution in [3.8, 4) is 16.9 Å². The monoisotopic (exact) mass is 502 g/mol. The number of carbonyl (C=O) groups is 1. The first-order valence-corrected chi connectivity index (χ1v) is 11.9. The third-order valence-corrected chi connectivity index (χ3v) is 5.35. The van der Waals surface area contributed by atoms with Gasteiger partial charge < -0.3 is 15.8 Å². The number of hydrogen-bond acceptors (Lipinski definition) is 6. The second-order valence-electron chi connectivity index (χ2n) is 8.27. The number of anilines is 1. The molecule has 0 atom stereocenters. The summed E-state index contributed by atoms with van der Waals surface area (Å²) in [5, 5.41) is 4.08. The Morgan fingerprint density at radius 2 is 1.89 bits per heavy atom. The molecule has 3 N–H and O–H groups in total. The number of rotatable bonds is 10. The van der Waals surface area contributed by atoms with E-state index in [0.717, 1.165) is 28.8 Å². The van der Waals surface area contributed by atoms with Gasteiger partial charge in [0.05, 0.1) is 5.84 Å². The van der Waals surface area contributed by atoms with Crippen LogP contribution in [-0.2, 0) is 4.79 Å². The van der Waals surface area contributed by atoms with Gasteiger partial charge in [-0.3, -0.25) is 9.79 Å². The van der Waals surface area contributed by atoms with Crippen LogP contribution in [0, 0.1) is 5.82 Å². The number of benzene rings is 2. The lowest BCUT2D eigenvalue weighted by Crippen LogP contribution is -2.15. The third kappa shape index (κ3) is 7.79. The normalized spacial score (nSPS) is 12.8. The first-order chi connectivity index (χ1) is 17.8. The smallest absolute Gasteiger partial charge is 0.285 e. The first kappa shape index (κ1) is 27.2. The van der Waals surface area contributed by atoms with Gasteiger partial charge in [0.25, 0.3) is 5.91 Å². The fraction of sp³-hybridized carbons (Fsp3) is 0.250. The molecule has 3 aromatic rings. The highest BCUT2D eigenvalue weighted by atomic mass is 19.1. The number of halogens is 1. The maximum Gasteiger partial charge on any atom is 0.285 e. The van der Waals surface area contributed by atoms with Crippen LogP contribution in [0.1, 0.15) is 27.2 Å². The van der Waals surface area contributed by atoms with Gasteiger partial charge in [0.1, 0.15) is 29.2 Å². The van der Waals surface area contributed by atoms with Crippen molar-refractivity contribution in [3.05, 3.63) is 72.3 Å². The van der Waals surface area contributed by atoms with Crippen molar-refractivity contribution >= 4 is 34.2 Å². The average Bonchev–Trinajstić information content (AvgIpc) is 2.88. The topological polar surface area (TPSA) is 115 Å². The number of aromatic nitrogens is 2. The molecule has 0 unspecified atom stereocenters. The van der Waals surface area contributed by atoms with E-state index in [1.54, 1.807) is 25.2 Å². The minimum atomic E-state index is -0.514. The van der Waals surface area contributed by atoms with Gasteiger partial charge in [-0.05, 0) is 67.3 Å². The number of amides is 1. The van der Waals surface area contributed by atoms with Crippen LogP contribution in [0.25, 0.3) is 22.0 Å². The Morgan fingerprint density at radius 1 is 1.14 bits per heavy atom. The predicted octanol–water partition coefficient (Wildman–Crippen LogP) is 5.11. The van der Waals surface area contributed by atoms with E-state index in [0.29, 0.717) is 29.0 Å².